The fourth-order valence-corrected chi connectivity index (χ4v) is 2.58. The van der Waals surface area contributed by atoms with Gasteiger partial charge in [0, 0.05) is 28.7 Å². The van der Waals surface area contributed by atoms with E-state index in [1.165, 1.54) is 0 Å². The Kier molecular flexibility index (Phi) is 4.17. The van der Waals surface area contributed by atoms with E-state index in [2.05, 4.69) is 24.5 Å². The Bertz CT molecular complexity index is 623. The van der Waals surface area contributed by atoms with Crippen molar-refractivity contribution in [1.82, 2.24) is 4.57 Å². The molecular formula is C17H23NO2. The summed E-state index contributed by atoms with van der Waals surface area (Å²) in [6, 6.07) is 6.01. The second-order valence-corrected chi connectivity index (χ2v) is 5.97. The number of fused-ring (bicyclic) bond motifs is 1. The molecule has 0 spiro atoms. The predicted molar refractivity (Wildman–Crippen MR) is 82.7 cm³/mol. The zero-order chi connectivity index (χ0) is 14.9. The van der Waals surface area contributed by atoms with E-state index in [1.807, 2.05) is 32.9 Å². The summed E-state index contributed by atoms with van der Waals surface area (Å²) >= 11 is 0. The van der Waals surface area contributed by atoms with Crippen molar-refractivity contribution in [1.29, 1.82) is 0 Å². The molecule has 0 aliphatic rings. The van der Waals surface area contributed by atoms with Gasteiger partial charge in [-0.05, 0) is 44.9 Å². The standard InChI is InChI=1S/C17H23NO2/c1-11(2)9-18-13(5)16(10-19)15-8-14(20-12(3)4)6-7-17(15)18/h6-8,10-12H,9H2,1-5H3. The predicted octanol–water partition coefficient (Wildman–Crippen LogP) is 4.21. The number of carbonyl (C=O) groups is 1. The summed E-state index contributed by atoms with van der Waals surface area (Å²) in [6.07, 6.45) is 1.08. The van der Waals surface area contributed by atoms with Crippen LogP contribution in [0.5, 0.6) is 5.75 Å². The Morgan fingerprint density at radius 1 is 1.25 bits per heavy atom. The van der Waals surface area contributed by atoms with Crippen LogP contribution < -0.4 is 4.74 Å². The van der Waals surface area contributed by atoms with Crippen molar-refractivity contribution in [3.05, 3.63) is 29.5 Å². The van der Waals surface area contributed by atoms with Gasteiger partial charge in [0.05, 0.1) is 6.10 Å². The molecule has 2 rings (SSSR count). The maximum absolute atomic E-state index is 11.4. The summed E-state index contributed by atoms with van der Waals surface area (Å²) < 4.78 is 7.95. The van der Waals surface area contributed by atoms with E-state index in [9.17, 15) is 4.79 Å². The lowest BCUT2D eigenvalue weighted by Gasteiger charge is -2.12. The first-order chi connectivity index (χ1) is 9.43. The average Bonchev–Trinajstić information content (AvgIpc) is 2.60. The third-order valence-corrected chi connectivity index (χ3v) is 3.38. The number of hydrogen-bond acceptors (Lipinski definition) is 2. The molecule has 0 saturated carbocycles. The van der Waals surface area contributed by atoms with Crippen molar-refractivity contribution in [2.75, 3.05) is 0 Å². The third kappa shape index (κ3) is 2.72. The van der Waals surface area contributed by atoms with Gasteiger partial charge in [0.2, 0.25) is 0 Å². The summed E-state index contributed by atoms with van der Waals surface area (Å²) in [4.78, 5) is 11.4. The van der Waals surface area contributed by atoms with Crippen molar-refractivity contribution < 1.29 is 9.53 Å². The molecule has 0 fully saturated rings. The van der Waals surface area contributed by atoms with Crippen molar-refractivity contribution in [3.63, 3.8) is 0 Å². The Hall–Kier alpha value is -1.77. The van der Waals surface area contributed by atoms with Crippen molar-refractivity contribution in [2.45, 2.75) is 47.3 Å². The SMILES string of the molecule is Cc1c(C=O)c2cc(OC(C)C)ccc2n1CC(C)C. The Balaban J connectivity index is 2.60. The molecule has 0 saturated heterocycles. The summed E-state index contributed by atoms with van der Waals surface area (Å²) in [6.45, 7) is 11.3. The molecule has 1 aromatic carbocycles. The molecular weight excluding hydrogens is 250 g/mol. The van der Waals surface area contributed by atoms with Crippen LogP contribution in [-0.4, -0.2) is 17.0 Å². The largest absolute Gasteiger partial charge is 0.491 e. The van der Waals surface area contributed by atoms with E-state index >= 15 is 0 Å². The number of carbonyl (C=O) groups excluding carboxylic acids is 1. The normalized spacial score (nSPS) is 11.6. The van der Waals surface area contributed by atoms with Crippen LogP contribution in [0.2, 0.25) is 0 Å². The van der Waals surface area contributed by atoms with E-state index in [-0.39, 0.29) is 6.10 Å². The molecule has 0 aliphatic heterocycles. The minimum Gasteiger partial charge on any atom is -0.491 e. The topological polar surface area (TPSA) is 31.2 Å². The van der Waals surface area contributed by atoms with Crippen LogP contribution in [0.4, 0.5) is 0 Å². The molecule has 0 N–H and O–H groups in total. The summed E-state index contributed by atoms with van der Waals surface area (Å²) in [5, 5.41) is 0.983. The van der Waals surface area contributed by atoms with E-state index in [0.717, 1.165) is 40.7 Å². The number of hydrogen-bond donors (Lipinski definition) is 0. The van der Waals surface area contributed by atoms with Crippen molar-refractivity contribution in [2.24, 2.45) is 5.92 Å². The molecule has 0 aliphatic carbocycles. The first-order valence-corrected chi connectivity index (χ1v) is 7.18. The van der Waals surface area contributed by atoms with Crippen LogP contribution in [-0.2, 0) is 6.54 Å². The zero-order valence-corrected chi connectivity index (χ0v) is 12.9. The first-order valence-electron chi connectivity index (χ1n) is 7.18. The second kappa shape index (κ2) is 5.70. The van der Waals surface area contributed by atoms with E-state index in [4.69, 9.17) is 4.74 Å². The van der Waals surface area contributed by atoms with Crippen LogP contribution in [0, 0.1) is 12.8 Å². The van der Waals surface area contributed by atoms with Crippen LogP contribution in [0.1, 0.15) is 43.7 Å². The Labute approximate surface area is 120 Å². The molecule has 0 radical (unpaired) electrons. The molecule has 1 aromatic heterocycles. The van der Waals surface area contributed by atoms with Gasteiger partial charge >= 0.3 is 0 Å². The van der Waals surface area contributed by atoms with Crippen molar-refractivity contribution >= 4 is 17.2 Å². The van der Waals surface area contributed by atoms with Gasteiger partial charge in [-0.2, -0.15) is 0 Å². The summed E-state index contributed by atoms with van der Waals surface area (Å²) in [7, 11) is 0. The summed E-state index contributed by atoms with van der Waals surface area (Å²) in [5.74, 6) is 1.35. The molecule has 0 atom stereocenters. The van der Waals surface area contributed by atoms with Gasteiger partial charge < -0.3 is 9.30 Å². The third-order valence-electron chi connectivity index (χ3n) is 3.38. The van der Waals surface area contributed by atoms with E-state index in [0.29, 0.717) is 5.92 Å². The molecule has 3 heteroatoms. The van der Waals surface area contributed by atoms with Crippen molar-refractivity contribution in [3.8, 4) is 5.75 Å². The molecule has 2 aromatic rings. The quantitative estimate of drug-likeness (QED) is 0.764. The molecule has 1 heterocycles. The van der Waals surface area contributed by atoms with Gasteiger partial charge in [-0.25, -0.2) is 0 Å². The van der Waals surface area contributed by atoms with Gasteiger partial charge in [0.15, 0.2) is 6.29 Å². The van der Waals surface area contributed by atoms with Crippen LogP contribution in [0.3, 0.4) is 0 Å². The smallest absolute Gasteiger partial charge is 0.152 e. The number of benzene rings is 1. The molecule has 0 unspecified atom stereocenters. The zero-order valence-electron chi connectivity index (χ0n) is 12.9. The van der Waals surface area contributed by atoms with Gasteiger partial charge in [-0.3, -0.25) is 4.79 Å². The van der Waals surface area contributed by atoms with Gasteiger partial charge in [-0.1, -0.05) is 13.8 Å². The minimum atomic E-state index is 0.131. The number of aromatic nitrogens is 1. The highest BCUT2D eigenvalue weighted by Crippen LogP contribution is 2.29. The number of nitrogens with zero attached hydrogens (tertiary/aromatic N) is 1. The monoisotopic (exact) mass is 273 g/mol. The van der Waals surface area contributed by atoms with E-state index < -0.39 is 0 Å². The molecule has 108 valence electrons. The lowest BCUT2D eigenvalue weighted by Crippen LogP contribution is -2.06. The fraction of sp³-hybridized carbons (Fsp3) is 0.471. The maximum atomic E-state index is 11.4. The lowest BCUT2D eigenvalue weighted by molar-refractivity contribution is 0.112. The molecule has 3 nitrogen and oxygen atoms in total. The Morgan fingerprint density at radius 2 is 1.95 bits per heavy atom. The molecule has 0 amide bonds. The molecule has 20 heavy (non-hydrogen) atoms. The lowest BCUT2D eigenvalue weighted by atomic mass is 10.1. The highest BCUT2D eigenvalue weighted by molar-refractivity contribution is 6.00. The van der Waals surface area contributed by atoms with Gasteiger partial charge in [0.25, 0.3) is 0 Å². The van der Waals surface area contributed by atoms with E-state index in [1.54, 1.807) is 0 Å². The average molecular weight is 273 g/mol. The minimum absolute atomic E-state index is 0.131. The molecule has 0 bridgehead atoms. The van der Waals surface area contributed by atoms with Gasteiger partial charge in [-0.15, -0.1) is 0 Å². The highest BCUT2D eigenvalue weighted by Gasteiger charge is 2.15. The second-order valence-electron chi connectivity index (χ2n) is 5.97. The Morgan fingerprint density at radius 3 is 2.50 bits per heavy atom. The number of ether oxygens (including phenoxy) is 1. The van der Waals surface area contributed by atoms with Crippen LogP contribution >= 0.6 is 0 Å². The number of rotatable bonds is 5. The first kappa shape index (κ1) is 14.6. The fourth-order valence-electron chi connectivity index (χ4n) is 2.58. The van der Waals surface area contributed by atoms with Crippen LogP contribution in [0.25, 0.3) is 10.9 Å². The van der Waals surface area contributed by atoms with Gasteiger partial charge in [0.1, 0.15) is 5.75 Å². The number of aldehydes is 1. The summed E-state index contributed by atoms with van der Waals surface area (Å²) in [5.41, 5.74) is 2.91. The highest BCUT2D eigenvalue weighted by atomic mass is 16.5. The maximum Gasteiger partial charge on any atom is 0.152 e. The van der Waals surface area contributed by atoms with Crippen LogP contribution in [0.15, 0.2) is 18.2 Å².